The van der Waals surface area contributed by atoms with Crippen molar-refractivity contribution in [2.75, 3.05) is 0 Å². The third-order valence-electron chi connectivity index (χ3n) is 2.09. The average Bonchev–Trinajstić information content (AvgIpc) is 2.27. The standard InChI is InChI=1S/C11H8Cl2N2O/c12-9-6-10(16)15(14-11(9)13)7-8-4-2-1-3-5-8/h1-6H,7H2. The summed E-state index contributed by atoms with van der Waals surface area (Å²) in [7, 11) is 0. The topological polar surface area (TPSA) is 34.9 Å². The maximum atomic E-state index is 11.6. The fourth-order valence-electron chi connectivity index (χ4n) is 1.32. The Morgan fingerprint density at radius 1 is 1.19 bits per heavy atom. The molecule has 2 rings (SSSR count). The Morgan fingerprint density at radius 3 is 2.56 bits per heavy atom. The van der Waals surface area contributed by atoms with Gasteiger partial charge in [0.15, 0.2) is 5.15 Å². The van der Waals surface area contributed by atoms with Crippen molar-refractivity contribution in [3.05, 3.63) is 62.5 Å². The van der Waals surface area contributed by atoms with Gasteiger partial charge in [0.2, 0.25) is 0 Å². The second kappa shape index (κ2) is 4.68. The number of benzene rings is 1. The zero-order chi connectivity index (χ0) is 11.5. The van der Waals surface area contributed by atoms with Crippen molar-refractivity contribution in [1.82, 2.24) is 9.78 Å². The van der Waals surface area contributed by atoms with E-state index in [0.29, 0.717) is 6.54 Å². The summed E-state index contributed by atoms with van der Waals surface area (Å²) in [6.07, 6.45) is 0. The van der Waals surface area contributed by atoms with Gasteiger partial charge in [0.1, 0.15) is 0 Å². The molecule has 1 aromatic heterocycles. The van der Waals surface area contributed by atoms with E-state index < -0.39 is 0 Å². The van der Waals surface area contributed by atoms with Crippen molar-refractivity contribution in [3.8, 4) is 0 Å². The van der Waals surface area contributed by atoms with Crippen LogP contribution < -0.4 is 5.56 Å². The van der Waals surface area contributed by atoms with Crippen LogP contribution in [0.3, 0.4) is 0 Å². The molecule has 82 valence electrons. The highest BCUT2D eigenvalue weighted by molar-refractivity contribution is 6.41. The third-order valence-corrected chi connectivity index (χ3v) is 2.75. The third kappa shape index (κ3) is 2.43. The Morgan fingerprint density at radius 2 is 1.88 bits per heavy atom. The van der Waals surface area contributed by atoms with Crippen molar-refractivity contribution < 1.29 is 0 Å². The summed E-state index contributed by atoms with van der Waals surface area (Å²) >= 11 is 11.4. The number of hydrogen-bond donors (Lipinski definition) is 0. The van der Waals surface area contributed by atoms with Crippen LogP contribution >= 0.6 is 23.2 Å². The molecule has 0 N–H and O–H groups in total. The number of aromatic nitrogens is 2. The van der Waals surface area contributed by atoms with Crippen molar-refractivity contribution in [2.24, 2.45) is 0 Å². The first-order valence-corrected chi connectivity index (χ1v) is 5.39. The fraction of sp³-hybridized carbons (Fsp3) is 0.0909. The molecule has 1 aromatic carbocycles. The Balaban J connectivity index is 2.36. The van der Waals surface area contributed by atoms with Crippen LogP contribution in [0.5, 0.6) is 0 Å². The van der Waals surface area contributed by atoms with Crippen LogP contribution in [0.2, 0.25) is 10.2 Å². The first kappa shape index (κ1) is 11.2. The monoisotopic (exact) mass is 254 g/mol. The first-order chi connectivity index (χ1) is 7.66. The minimum atomic E-state index is -0.266. The number of rotatable bonds is 2. The number of hydrogen-bond acceptors (Lipinski definition) is 2. The normalized spacial score (nSPS) is 10.4. The van der Waals surface area contributed by atoms with E-state index in [2.05, 4.69) is 5.10 Å². The maximum absolute atomic E-state index is 11.6. The van der Waals surface area contributed by atoms with Gasteiger partial charge in [-0.05, 0) is 5.56 Å². The molecule has 0 saturated carbocycles. The molecule has 5 heteroatoms. The smallest absolute Gasteiger partial charge is 0.268 e. The molecule has 0 bridgehead atoms. The lowest BCUT2D eigenvalue weighted by atomic mass is 10.2. The molecule has 0 amide bonds. The lowest BCUT2D eigenvalue weighted by Crippen LogP contribution is -2.22. The molecular weight excluding hydrogens is 247 g/mol. The maximum Gasteiger partial charge on any atom is 0.268 e. The van der Waals surface area contributed by atoms with Crippen molar-refractivity contribution in [3.63, 3.8) is 0 Å². The van der Waals surface area contributed by atoms with Crippen LogP contribution in [0.25, 0.3) is 0 Å². The predicted molar refractivity (Wildman–Crippen MR) is 64.1 cm³/mol. The molecule has 0 aliphatic heterocycles. The zero-order valence-corrected chi connectivity index (χ0v) is 9.74. The van der Waals surface area contributed by atoms with Gasteiger partial charge in [-0.15, -0.1) is 0 Å². The van der Waals surface area contributed by atoms with E-state index in [9.17, 15) is 4.79 Å². The highest BCUT2D eigenvalue weighted by atomic mass is 35.5. The number of nitrogens with zero attached hydrogens (tertiary/aromatic N) is 2. The first-order valence-electron chi connectivity index (χ1n) is 4.64. The van der Waals surface area contributed by atoms with Crippen molar-refractivity contribution in [1.29, 1.82) is 0 Å². The van der Waals surface area contributed by atoms with E-state index in [0.717, 1.165) is 5.56 Å². The van der Waals surface area contributed by atoms with Gasteiger partial charge in [-0.1, -0.05) is 53.5 Å². The minimum absolute atomic E-state index is 0.136. The summed E-state index contributed by atoms with van der Waals surface area (Å²) in [5, 5.41) is 4.22. The summed E-state index contributed by atoms with van der Waals surface area (Å²) in [4.78, 5) is 11.6. The summed E-state index contributed by atoms with van der Waals surface area (Å²) in [5.74, 6) is 0. The molecule has 3 nitrogen and oxygen atoms in total. The highest BCUT2D eigenvalue weighted by Crippen LogP contribution is 2.15. The molecule has 0 fully saturated rings. The zero-order valence-electron chi connectivity index (χ0n) is 8.23. The molecular formula is C11H8Cl2N2O. The minimum Gasteiger partial charge on any atom is -0.268 e. The lowest BCUT2D eigenvalue weighted by Gasteiger charge is -2.05. The van der Waals surface area contributed by atoms with Crippen molar-refractivity contribution in [2.45, 2.75) is 6.54 Å². The second-order valence-corrected chi connectivity index (χ2v) is 4.03. The quantitative estimate of drug-likeness (QED) is 0.826. The Kier molecular flexibility index (Phi) is 3.27. The molecule has 0 radical (unpaired) electrons. The molecule has 2 aromatic rings. The van der Waals surface area contributed by atoms with E-state index in [1.807, 2.05) is 30.3 Å². The molecule has 16 heavy (non-hydrogen) atoms. The van der Waals surface area contributed by atoms with E-state index in [-0.39, 0.29) is 15.7 Å². The van der Waals surface area contributed by atoms with Crippen LogP contribution in [0, 0.1) is 0 Å². The van der Waals surface area contributed by atoms with Crippen molar-refractivity contribution >= 4 is 23.2 Å². The molecule has 0 aliphatic carbocycles. The summed E-state index contributed by atoms with van der Waals surface area (Å²) in [5.41, 5.74) is 0.716. The number of halogens is 2. The van der Waals surface area contributed by atoms with E-state index in [4.69, 9.17) is 23.2 Å². The van der Waals surface area contributed by atoms with Gasteiger partial charge < -0.3 is 0 Å². The second-order valence-electron chi connectivity index (χ2n) is 3.26. The largest absolute Gasteiger partial charge is 0.268 e. The fourth-order valence-corrected chi connectivity index (χ4v) is 1.59. The predicted octanol–water partition coefficient (Wildman–Crippen LogP) is 2.60. The van der Waals surface area contributed by atoms with Crippen LogP contribution in [0.1, 0.15) is 5.56 Å². The SMILES string of the molecule is O=c1cc(Cl)c(Cl)nn1Cc1ccccc1. The Labute approximate surface area is 102 Å². The summed E-state index contributed by atoms with van der Waals surface area (Å²) in [6, 6.07) is 10.8. The van der Waals surface area contributed by atoms with E-state index >= 15 is 0 Å². The summed E-state index contributed by atoms with van der Waals surface area (Å²) < 4.78 is 1.28. The molecule has 1 heterocycles. The van der Waals surface area contributed by atoms with Gasteiger partial charge in [-0.3, -0.25) is 4.79 Å². The molecule has 0 aliphatic rings. The highest BCUT2D eigenvalue weighted by Gasteiger charge is 2.04. The van der Waals surface area contributed by atoms with Gasteiger partial charge in [0.25, 0.3) is 5.56 Å². The molecule has 0 spiro atoms. The van der Waals surface area contributed by atoms with E-state index in [1.54, 1.807) is 0 Å². The Hall–Kier alpha value is -1.32. The lowest BCUT2D eigenvalue weighted by molar-refractivity contribution is 0.639. The van der Waals surface area contributed by atoms with Gasteiger partial charge in [-0.25, -0.2) is 4.68 Å². The summed E-state index contributed by atoms with van der Waals surface area (Å²) in [6.45, 7) is 0.385. The van der Waals surface area contributed by atoms with Crippen LogP contribution in [-0.4, -0.2) is 9.78 Å². The molecule has 0 unspecified atom stereocenters. The van der Waals surface area contributed by atoms with E-state index in [1.165, 1.54) is 10.7 Å². The van der Waals surface area contributed by atoms with Crippen LogP contribution in [-0.2, 0) is 6.54 Å². The van der Waals surface area contributed by atoms with Gasteiger partial charge >= 0.3 is 0 Å². The van der Waals surface area contributed by atoms with Gasteiger partial charge in [-0.2, -0.15) is 5.10 Å². The molecule has 0 saturated heterocycles. The van der Waals surface area contributed by atoms with Crippen LogP contribution in [0.4, 0.5) is 0 Å². The van der Waals surface area contributed by atoms with Crippen LogP contribution in [0.15, 0.2) is 41.2 Å². The Bertz CT molecular complexity index is 552. The molecule has 0 atom stereocenters. The van der Waals surface area contributed by atoms with Gasteiger partial charge in [0.05, 0.1) is 11.6 Å². The van der Waals surface area contributed by atoms with Gasteiger partial charge in [0, 0.05) is 6.07 Å². The average molecular weight is 255 g/mol.